The molecule has 0 aliphatic carbocycles. The molecule has 1 aromatic heterocycles. The number of benzene rings is 2. The predicted molar refractivity (Wildman–Crippen MR) is 115 cm³/mol. The molecular weight excluding hydrogens is 440 g/mol. The molecular formula is C20H20N4O5S2. The highest BCUT2D eigenvalue weighted by molar-refractivity contribution is 7.89. The third kappa shape index (κ3) is 3.84. The molecule has 162 valence electrons. The molecule has 5 rings (SSSR count). The molecule has 2 aromatic carbocycles. The number of amides is 1. The van der Waals surface area contributed by atoms with E-state index in [9.17, 15) is 13.2 Å². The first-order chi connectivity index (χ1) is 15.0. The Hall–Kier alpha value is -2.76. The molecule has 3 aromatic rings. The third-order valence-electron chi connectivity index (χ3n) is 5.43. The van der Waals surface area contributed by atoms with Crippen molar-refractivity contribution in [1.29, 1.82) is 0 Å². The highest BCUT2D eigenvalue weighted by atomic mass is 32.2. The van der Waals surface area contributed by atoms with Crippen molar-refractivity contribution in [3.05, 3.63) is 36.4 Å². The lowest BCUT2D eigenvalue weighted by Gasteiger charge is -2.31. The van der Waals surface area contributed by atoms with Crippen LogP contribution in [0.25, 0.3) is 11.0 Å². The lowest BCUT2D eigenvalue weighted by molar-refractivity contribution is -0.120. The van der Waals surface area contributed by atoms with Gasteiger partial charge in [-0.05, 0) is 37.1 Å². The molecule has 31 heavy (non-hydrogen) atoms. The minimum atomic E-state index is -3.79. The van der Waals surface area contributed by atoms with Gasteiger partial charge >= 0.3 is 0 Å². The Bertz CT molecular complexity index is 1240. The topological polar surface area (TPSA) is 111 Å². The Morgan fingerprint density at radius 1 is 1.13 bits per heavy atom. The number of fused-ring (bicyclic) bond motifs is 2. The van der Waals surface area contributed by atoms with E-state index in [1.54, 1.807) is 30.3 Å². The van der Waals surface area contributed by atoms with Crippen molar-refractivity contribution in [2.45, 2.75) is 17.7 Å². The summed E-state index contributed by atoms with van der Waals surface area (Å²) in [6.07, 6.45) is 1.22. The highest BCUT2D eigenvalue weighted by Gasteiger charge is 2.34. The van der Waals surface area contributed by atoms with E-state index in [1.807, 2.05) is 0 Å². The molecule has 0 bridgehead atoms. The van der Waals surface area contributed by atoms with Crippen LogP contribution in [-0.4, -0.2) is 53.7 Å². The zero-order chi connectivity index (χ0) is 21.4. The van der Waals surface area contributed by atoms with Crippen molar-refractivity contribution in [3.8, 4) is 11.5 Å². The van der Waals surface area contributed by atoms with E-state index in [1.165, 1.54) is 10.4 Å². The van der Waals surface area contributed by atoms with Gasteiger partial charge in [-0.2, -0.15) is 13.1 Å². The van der Waals surface area contributed by atoms with Crippen molar-refractivity contribution in [3.63, 3.8) is 0 Å². The summed E-state index contributed by atoms with van der Waals surface area (Å²) in [5, 5.41) is 2.88. The number of aromatic nitrogens is 2. The van der Waals surface area contributed by atoms with Crippen molar-refractivity contribution < 1.29 is 22.7 Å². The van der Waals surface area contributed by atoms with Crippen LogP contribution < -0.4 is 14.8 Å². The SMILES string of the molecule is O=C(Nc1ccc2c(c1)OCCO2)[C@@H]1CCCN(S(=O)(=O)c2cccc3nsnc23)C1. The summed E-state index contributed by atoms with van der Waals surface area (Å²) >= 11 is 0.980. The molecule has 1 atom stereocenters. The lowest BCUT2D eigenvalue weighted by Crippen LogP contribution is -2.43. The second-order valence-corrected chi connectivity index (χ2v) is 9.87. The van der Waals surface area contributed by atoms with Gasteiger partial charge in [0.1, 0.15) is 29.1 Å². The maximum atomic E-state index is 13.3. The lowest BCUT2D eigenvalue weighted by atomic mass is 9.98. The van der Waals surface area contributed by atoms with Gasteiger partial charge in [-0.3, -0.25) is 4.79 Å². The van der Waals surface area contributed by atoms with Crippen molar-refractivity contribution in [1.82, 2.24) is 13.1 Å². The number of ether oxygens (including phenoxy) is 2. The van der Waals surface area contributed by atoms with Gasteiger partial charge in [0.2, 0.25) is 15.9 Å². The Balaban J connectivity index is 1.33. The van der Waals surface area contributed by atoms with Crippen LogP contribution in [0.1, 0.15) is 12.8 Å². The molecule has 1 amide bonds. The average molecular weight is 461 g/mol. The maximum absolute atomic E-state index is 13.3. The standard InChI is InChI=1S/C20H20N4O5S2/c25-20(21-14-6-7-16-17(11-14)29-10-9-28-16)13-3-2-8-24(12-13)31(26,27)18-5-1-4-15-19(18)23-30-22-15/h1,4-7,11,13H,2-3,8-10,12H2,(H,21,25)/t13-/m1/s1. The number of hydrogen-bond acceptors (Lipinski definition) is 8. The number of nitrogens with zero attached hydrogens (tertiary/aromatic N) is 3. The van der Waals surface area contributed by atoms with Gasteiger partial charge in [-0.25, -0.2) is 8.42 Å². The van der Waals surface area contributed by atoms with Crippen LogP contribution in [0.2, 0.25) is 0 Å². The predicted octanol–water partition coefficient (Wildman–Crippen LogP) is 2.50. The van der Waals surface area contributed by atoms with Gasteiger partial charge in [-0.15, -0.1) is 0 Å². The summed E-state index contributed by atoms with van der Waals surface area (Å²) in [6, 6.07) is 10.2. The first kappa shape index (κ1) is 20.2. The smallest absolute Gasteiger partial charge is 0.245 e. The molecule has 1 saturated heterocycles. The normalized spacial score (nSPS) is 19.3. The largest absolute Gasteiger partial charge is 0.486 e. The van der Waals surface area contributed by atoms with Gasteiger partial charge in [0.25, 0.3) is 0 Å². The quantitative estimate of drug-likeness (QED) is 0.637. The minimum absolute atomic E-state index is 0.118. The van der Waals surface area contributed by atoms with E-state index < -0.39 is 15.9 Å². The van der Waals surface area contributed by atoms with Gasteiger partial charge in [0.05, 0.1) is 17.6 Å². The molecule has 2 aliphatic rings. The van der Waals surface area contributed by atoms with Crippen LogP contribution in [0, 0.1) is 5.92 Å². The van der Waals surface area contributed by atoms with Crippen molar-refractivity contribution >= 4 is 44.4 Å². The molecule has 0 spiro atoms. The minimum Gasteiger partial charge on any atom is -0.486 e. The van der Waals surface area contributed by atoms with Gasteiger partial charge in [-0.1, -0.05) is 6.07 Å². The number of anilines is 1. The summed E-state index contributed by atoms with van der Waals surface area (Å²) in [7, 11) is -3.79. The Labute approximate surface area is 183 Å². The second-order valence-electron chi connectivity index (χ2n) is 7.44. The van der Waals surface area contributed by atoms with E-state index >= 15 is 0 Å². The molecule has 0 radical (unpaired) electrons. The highest BCUT2D eigenvalue weighted by Crippen LogP contribution is 2.33. The van der Waals surface area contributed by atoms with Gasteiger partial charge in [0.15, 0.2) is 11.5 Å². The monoisotopic (exact) mass is 460 g/mol. The second kappa shape index (κ2) is 8.06. The fraction of sp³-hybridized carbons (Fsp3) is 0.350. The molecule has 0 saturated carbocycles. The number of piperidine rings is 1. The zero-order valence-electron chi connectivity index (χ0n) is 16.5. The summed E-state index contributed by atoms with van der Waals surface area (Å²) in [4.78, 5) is 13.0. The van der Waals surface area contributed by atoms with Crippen LogP contribution in [0.3, 0.4) is 0 Å². The van der Waals surface area contributed by atoms with Crippen LogP contribution in [0.15, 0.2) is 41.3 Å². The van der Waals surface area contributed by atoms with Crippen molar-refractivity contribution in [2.24, 2.45) is 5.92 Å². The Kier molecular flexibility index (Phi) is 5.24. The van der Waals surface area contributed by atoms with Crippen LogP contribution in [0.5, 0.6) is 11.5 Å². The van der Waals surface area contributed by atoms with Gasteiger partial charge in [0, 0.05) is 24.8 Å². The Morgan fingerprint density at radius 2 is 1.97 bits per heavy atom. The van der Waals surface area contributed by atoms with E-state index in [0.717, 1.165) is 11.7 Å². The number of carbonyl (C=O) groups excluding carboxylic acids is 1. The maximum Gasteiger partial charge on any atom is 0.245 e. The summed E-state index contributed by atoms with van der Waals surface area (Å²) < 4.78 is 47.3. The molecule has 1 N–H and O–H groups in total. The number of hydrogen-bond donors (Lipinski definition) is 1. The van der Waals surface area contributed by atoms with Crippen molar-refractivity contribution in [2.75, 3.05) is 31.6 Å². The molecule has 1 fully saturated rings. The number of sulfonamides is 1. The molecule has 9 nitrogen and oxygen atoms in total. The van der Waals surface area contributed by atoms with Crippen LogP contribution in [0.4, 0.5) is 5.69 Å². The van der Waals surface area contributed by atoms with E-state index in [2.05, 4.69) is 14.1 Å². The number of rotatable bonds is 4. The van der Waals surface area contributed by atoms with Gasteiger partial charge < -0.3 is 14.8 Å². The zero-order valence-corrected chi connectivity index (χ0v) is 18.1. The van der Waals surface area contributed by atoms with Crippen LogP contribution >= 0.6 is 11.7 Å². The molecule has 3 heterocycles. The summed E-state index contributed by atoms with van der Waals surface area (Å²) in [5.74, 6) is 0.557. The molecule has 2 aliphatic heterocycles. The third-order valence-corrected chi connectivity index (χ3v) is 7.87. The fourth-order valence-corrected chi connectivity index (χ4v) is 6.15. The van der Waals surface area contributed by atoms with Crippen LogP contribution in [-0.2, 0) is 14.8 Å². The molecule has 0 unspecified atom stereocenters. The first-order valence-electron chi connectivity index (χ1n) is 9.94. The average Bonchev–Trinajstić information content (AvgIpc) is 3.28. The van der Waals surface area contributed by atoms with E-state index in [4.69, 9.17) is 9.47 Å². The number of carbonyl (C=O) groups is 1. The first-order valence-corrected chi connectivity index (χ1v) is 12.1. The Morgan fingerprint density at radius 3 is 2.84 bits per heavy atom. The number of nitrogens with one attached hydrogen (secondary N) is 1. The summed E-state index contributed by atoms with van der Waals surface area (Å²) in [6.45, 7) is 1.44. The van der Waals surface area contributed by atoms with E-state index in [-0.39, 0.29) is 17.3 Å². The summed E-state index contributed by atoms with van der Waals surface area (Å²) in [5.41, 5.74) is 1.51. The fourth-order valence-electron chi connectivity index (χ4n) is 3.87. The molecule has 11 heteroatoms. The van der Waals surface area contributed by atoms with E-state index in [0.29, 0.717) is 60.8 Å².